The van der Waals surface area contributed by atoms with Crippen molar-refractivity contribution in [3.8, 4) is 11.5 Å². The Morgan fingerprint density at radius 3 is 2.26 bits per heavy atom. The molecule has 1 N–H and O–H groups in total. The molecule has 98 valence electrons. The van der Waals surface area contributed by atoms with E-state index in [1.807, 2.05) is 0 Å². The Balaban J connectivity index is 2.15. The van der Waals surface area contributed by atoms with Crippen LogP contribution in [0, 0.1) is 0 Å². The molecule has 0 aliphatic carbocycles. The van der Waals surface area contributed by atoms with Gasteiger partial charge in [-0.25, -0.2) is 0 Å². The van der Waals surface area contributed by atoms with Gasteiger partial charge in [-0.3, -0.25) is 4.79 Å². The number of benzene rings is 2. The van der Waals surface area contributed by atoms with Crippen LogP contribution in [-0.4, -0.2) is 11.1 Å². The van der Waals surface area contributed by atoms with Gasteiger partial charge in [-0.2, -0.15) is 0 Å². The topological polar surface area (TPSA) is 46.5 Å². The molecule has 0 unspecified atom stereocenters. The van der Waals surface area contributed by atoms with Gasteiger partial charge in [0.25, 0.3) is 0 Å². The predicted octanol–water partition coefficient (Wildman–Crippen LogP) is 4.41. The Kier molecular flexibility index (Phi) is 4.30. The fourth-order valence-corrected chi connectivity index (χ4v) is 1.90. The second-order valence-corrected chi connectivity index (χ2v) is 4.72. The fourth-order valence-electron chi connectivity index (χ4n) is 1.54. The second kappa shape index (κ2) is 5.95. The van der Waals surface area contributed by atoms with E-state index in [9.17, 15) is 4.79 Å². The van der Waals surface area contributed by atoms with Gasteiger partial charge in [0.15, 0.2) is 0 Å². The first-order valence-electron chi connectivity index (χ1n) is 5.48. The molecule has 5 heteroatoms. The normalized spacial score (nSPS) is 10.2. The van der Waals surface area contributed by atoms with Gasteiger partial charge in [0, 0.05) is 10.0 Å². The van der Waals surface area contributed by atoms with Gasteiger partial charge in [-0.15, -0.1) is 0 Å². The number of hydrogen-bond acceptors (Lipinski definition) is 2. The van der Waals surface area contributed by atoms with Crippen molar-refractivity contribution in [1.29, 1.82) is 0 Å². The number of aliphatic carboxylic acids is 1. The minimum Gasteiger partial charge on any atom is -0.481 e. The van der Waals surface area contributed by atoms with Crippen molar-refractivity contribution in [2.45, 2.75) is 6.42 Å². The Hall–Kier alpha value is -1.71. The zero-order chi connectivity index (χ0) is 13.8. The zero-order valence-corrected chi connectivity index (χ0v) is 11.3. The van der Waals surface area contributed by atoms with Crippen LogP contribution in [0.4, 0.5) is 0 Å². The molecule has 0 aliphatic rings. The lowest BCUT2D eigenvalue weighted by Crippen LogP contribution is -2.00. The van der Waals surface area contributed by atoms with E-state index in [0.717, 1.165) is 0 Å². The molecule has 0 spiro atoms. The average Bonchev–Trinajstić information content (AvgIpc) is 2.35. The lowest BCUT2D eigenvalue weighted by Gasteiger charge is -2.08. The van der Waals surface area contributed by atoms with Gasteiger partial charge in [0.05, 0.1) is 6.42 Å². The van der Waals surface area contributed by atoms with Gasteiger partial charge in [-0.1, -0.05) is 29.3 Å². The van der Waals surface area contributed by atoms with Crippen molar-refractivity contribution in [2.75, 3.05) is 0 Å². The Morgan fingerprint density at radius 2 is 1.68 bits per heavy atom. The molecule has 2 aromatic carbocycles. The maximum absolute atomic E-state index is 10.6. The summed E-state index contributed by atoms with van der Waals surface area (Å²) in [6.07, 6.45) is -0.111. The lowest BCUT2D eigenvalue weighted by atomic mass is 10.1. The first kappa shape index (κ1) is 13.7. The van der Waals surface area contributed by atoms with Gasteiger partial charge < -0.3 is 9.84 Å². The minimum atomic E-state index is -0.923. The van der Waals surface area contributed by atoms with Crippen LogP contribution in [0.2, 0.25) is 10.0 Å². The van der Waals surface area contributed by atoms with Crippen LogP contribution >= 0.6 is 23.2 Å². The van der Waals surface area contributed by atoms with Gasteiger partial charge in [0.1, 0.15) is 11.5 Å². The molecule has 0 atom stereocenters. The van der Waals surface area contributed by atoms with Gasteiger partial charge in [0.2, 0.25) is 0 Å². The van der Waals surface area contributed by atoms with E-state index >= 15 is 0 Å². The number of carboxylic acids is 1. The van der Waals surface area contributed by atoms with Crippen LogP contribution in [0.15, 0.2) is 42.5 Å². The van der Waals surface area contributed by atoms with Crippen molar-refractivity contribution in [2.24, 2.45) is 0 Å². The highest BCUT2D eigenvalue weighted by Crippen LogP contribution is 2.27. The smallest absolute Gasteiger partial charge is 0.307 e. The molecule has 0 radical (unpaired) electrons. The highest BCUT2D eigenvalue weighted by atomic mass is 35.5. The van der Waals surface area contributed by atoms with E-state index in [-0.39, 0.29) is 6.42 Å². The fraction of sp³-hybridized carbons (Fsp3) is 0.0714. The van der Waals surface area contributed by atoms with E-state index in [1.54, 1.807) is 42.5 Å². The summed E-state index contributed by atoms with van der Waals surface area (Å²) in [4.78, 5) is 10.6. The largest absolute Gasteiger partial charge is 0.481 e. The molecule has 19 heavy (non-hydrogen) atoms. The van der Waals surface area contributed by atoms with Crippen LogP contribution in [0.3, 0.4) is 0 Å². The molecule has 0 aromatic heterocycles. The molecule has 0 aliphatic heterocycles. The van der Waals surface area contributed by atoms with Crippen molar-refractivity contribution in [3.63, 3.8) is 0 Å². The van der Waals surface area contributed by atoms with Crippen LogP contribution in [0.25, 0.3) is 0 Å². The average molecular weight is 297 g/mol. The number of ether oxygens (including phenoxy) is 1. The van der Waals surface area contributed by atoms with Crippen molar-refractivity contribution >= 4 is 29.2 Å². The Labute approximate surface area is 120 Å². The van der Waals surface area contributed by atoms with E-state index in [1.165, 1.54) is 0 Å². The Morgan fingerprint density at radius 1 is 1.05 bits per heavy atom. The first-order chi connectivity index (χ1) is 9.04. The lowest BCUT2D eigenvalue weighted by molar-refractivity contribution is -0.136. The molecule has 0 saturated heterocycles. The molecular formula is C14H10Cl2O3. The summed E-state index contributed by atoms with van der Waals surface area (Å²) in [6, 6.07) is 11.8. The minimum absolute atomic E-state index is 0.111. The Bertz CT molecular complexity index is 594. The zero-order valence-electron chi connectivity index (χ0n) is 9.77. The highest BCUT2D eigenvalue weighted by Gasteiger charge is 2.07. The maximum atomic E-state index is 10.6. The molecule has 2 aromatic rings. The number of halogens is 2. The SMILES string of the molecule is O=C(O)Cc1ccc(Oc2ccc(Cl)cc2)cc1Cl. The third-order valence-corrected chi connectivity index (χ3v) is 3.02. The molecule has 0 bridgehead atoms. The van der Waals surface area contributed by atoms with Crippen molar-refractivity contribution < 1.29 is 14.6 Å². The third-order valence-electron chi connectivity index (χ3n) is 2.42. The summed E-state index contributed by atoms with van der Waals surface area (Å²) < 4.78 is 5.58. The van der Waals surface area contributed by atoms with Gasteiger partial charge in [-0.05, 0) is 42.0 Å². The van der Waals surface area contributed by atoms with E-state index in [0.29, 0.717) is 27.1 Å². The standard InChI is InChI=1S/C14H10Cl2O3/c15-10-2-5-11(6-3-10)19-12-4-1-9(7-14(17)18)13(16)8-12/h1-6,8H,7H2,(H,17,18). The second-order valence-electron chi connectivity index (χ2n) is 3.88. The number of carboxylic acid groups (broad SMARTS) is 1. The quantitative estimate of drug-likeness (QED) is 0.909. The molecule has 0 saturated carbocycles. The molecule has 2 rings (SSSR count). The molecule has 0 fully saturated rings. The molecule has 0 amide bonds. The van der Waals surface area contributed by atoms with E-state index in [2.05, 4.69) is 0 Å². The van der Waals surface area contributed by atoms with Crippen LogP contribution in [0.1, 0.15) is 5.56 Å². The molecule has 0 heterocycles. The van der Waals surface area contributed by atoms with Crippen molar-refractivity contribution in [1.82, 2.24) is 0 Å². The predicted molar refractivity (Wildman–Crippen MR) is 74.3 cm³/mol. The number of hydrogen-bond donors (Lipinski definition) is 1. The summed E-state index contributed by atoms with van der Waals surface area (Å²) in [7, 11) is 0. The monoisotopic (exact) mass is 296 g/mol. The summed E-state index contributed by atoms with van der Waals surface area (Å²) in [5, 5.41) is 9.72. The van der Waals surface area contributed by atoms with Crippen LogP contribution in [0.5, 0.6) is 11.5 Å². The van der Waals surface area contributed by atoms with E-state index in [4.69, 9.17) is 33.0 Å². The molecular weight excluding hydrogens is 287 g/mol. The third kappa shape index (κ3) is 3.88. The van der Waals surface area contributed by atoms with Crippen LogP contribution in [-0.2, 0) is 11.2 Å². The van der Waals surface area contributed by atoms with Crippen LogP contribution < -0.4 is 4.74 Å². The highest BCUT2D eigenvalue weighted by molar-refractivity contribution is 6.31. The maximum Gasteiger partial charge on any atom is 0.307 e. The summed E-state index contributed by atoms with van der Waals surface area (Å²) in [5.74, 6) is 0.251. The van der Waals surface area contributed by atoms with Crippen molar-refractivity contribution in [3.05, 3.63) is 58.1 Å². The first-order valence-corrected chi connectivity index (χ1v) is 6.24. The summed E-state index contributed by atoms with van der Waals surface area (Å²) in [5.41, 5.74) is 0.553. The summed E-state index contributed by atoms with van der Waals surface area (Å²) >= 11 is 11.8. The molecule has 3 nitrogen and oxygen atoms in total. The van der Waals surface area contributed by atoms with Gasteiger partial charge >= 0.3 is 5.97 Å². The number of rotatable bonds is 4. The number of carbonyl (C=O) groups is 1. The summed E-state index contributed by atoms with van der Waals surface area (Å²) in [6.45, 7) is 0. The van der Waals surface area contributed by atoms with E-state index < -0.39 is 5.97 Å².